The average Bonchev–Trinajstić information content (AvgIpc) is 2.93. The Bertz CT molecular complexity index is 451. The standard InChI is InChI=1S/C22H42N4O/c1-23-21(24-18-20-8-14-25(15-9-20)16-17-27-2)26-13-7-12-22(19-26)10-5-3-4-6-11-22/h20H,3-19H2,1-2H3,(H,23,24). The predicted molar refractivity (Wildman–Crippen MR) is 113 cm³/mol. The SMILES string of the molecule is CN=C(NCC1CCN(CCOC)CC1)N1CCCC2(CCCCCC2)C1. The van der Waals surface area contributed by atoms with Crippen molar-refractivity contribution in [1.82, 2.24) is 15.1 Å². The summed E-state index contributed by atoms with van der Waals surface area (Å²) in [6.07, 6.45) is 14.0. The molecular weight excluding hydrogens is 336 g/mol. The number of nitrogens with one attached hydrogen (secondary N) is 1. The van der Waals surface area contributed by atoms with Gasteiger partial charge in [0.2, 0.25) is 0 Å². The van der Waals surface area contributed by atoms with Gasteiger partial charge in [0.1, 0.15) is 0 Å². The topological polar surface area (TPSA) is 40.1 Å². The first-order valence-corrected chi connectivity index (χ1v) is 11.4. The van der Waals surface area contributed by atoms with E-state index in [0.717, 1.165) is 31.6 Å². The van der Waals surface area contributed by atoms with Crippen LogP contribution < -0.4 is 5.32 Å². The quantitative estimate of drug-likeness (QED) is 0.588. The fourth-order valence-corrected chi connectivity index (χ4v) is 5.48. The molecule has 0 radical (unpaired) electrons. The molecule has 1 N–H and O–H groups in total. The summed E-state index contributed by atoms with van der Waals surface area (Å²) in [7, 11) is 3.76. The number of hydrogen-bond acceptors (Lipinski definition) is 3. The number of hydrogen-bond donors (Lipinski definition) is 1. The molecule has 3 aliphatic rings. The highest BCUT2D eigenvalue weighted by Gasteiger charge is 2.36. The summed E-state index contributed by atoms with van der Waals surface area (Å²) in [5, 5.41) is 3.74. The summed E-state index contributed by atoms with van der Waals surface area (Å²) in [6.45, 7) is 7.83. The lowest BCUT2D eigenvalue weighted by Crippen LogP contribution is -2.51. The summed E-state index contributed by atoms with van der Waals surface area (Å²) < 4.78 is 5.21. The smallest absolute Gasteiger partial charge is 0.193 e. The molecule has 2 heterocycles. The van der Waals surface area contributed by atoms with Crippen LogP contribution in [0.3, 0.4) is 0 Å². The first-order chi connectivity index (χ1) is 13.2. The van der Waals surface area contributed by atoms with Gasteiger partial charge >= 0.3 is 0 Å². The van der Waals surface area contributed by atoms with Crippen LogP contribution in [0.15, 0.2) is 4.99 Å². The third-order valence-electron chi connectivity index (χ3n) is 7.20. The van der Waals surface area contributed by atoms with Crippen LogP contribution in [0.25, 0.3) is 0 Å². The zero-order chi connectivity index (χ0) is 19.0. The van der Waals surface area contributed by atoms with E-state index in [1.165, 1.54) is 90.4 Å². The lowest BCUT2D eigenvalue weighted by Gasteiger charge is -2.44. The molecule has 0 unspecified atom stereocenters. The third kappa shape index (κ3) is 6.08. The van der Waals surface area contributed by atoms with Gasteiger partial charge in [0, 0.05) is 40.3 Å². The highest BCUT2D eigenvalue weighted by molar-refractivity contribution is 5.80. The van der Waals surface area contributed by atoms with Crippen molar-refractivity contribution >= 4 is 5.96 Å². The van der Waals surface area contributed by atoms with Gasteiger partial charge in [-0.1, -0.05) is 25.7 Å². The molecule has 0 aromatic heterocycles. The maximum Gasteiger partial charge on any atom is 0.193 e. The molecule has 2 saturated heterocycles. The maximum atomic E-state index is 5.21. The Morgan fingerprint density at radius 1 is 1.04 bits per heavy atom. The van der Waals surface area contributed by atoms with Crippen LogP contribution in [-0.2, 0) is 4.74 Å². The van der Waals surface area contributed by atoms with E-state index < -0.39 is 0 Å². The van der Waals surface area contributed by atoms with Gasteiger partial charge in [-0.05, 0) is 62.9 Å². The Labute approximate surface area is 166 Å². The number of aliphatic imine (C=N–C) groups is 1. The Hall–Kier alpha value is -0.810. The number of nitrogens with zero attached hydrogens (tertiary/aromatic N) is 3. The molecule has 3 fully saturated rings. The molecule has 27 heavy (non-hydrogen) atoms. The molecule has 3 rings (SSSR count). The van der Waals surface area contributed by atoms with E-state index in [-0.39, 0.29) is 0 Å². The van der Waals surface area contributed by atoms with Gasteiger partial charge in [0.15, 0.2) is 5.96 Å². The minimum atomic E-state index is 0.569. The largest absolute Gasteiger partial charge is 0.383 e. The van der Waals surface area contributed by atoms with Crippen LogP contribution in [0.2, 0.25) is 0 Å². The van der Waals surface area contributed by atoms with E-state index in [1.54, 1.807) is 7.11 Å². The first-order valence-electron chi connectivity index (χ1n) is 11.4. The van der Waals surface area contributed by atoms with Crippen LogP contribution in [0.4, 0.5) is 0 Å². The van der Waals surface area contributed by atoms with E-state index in [4.69, 9.17) is 4.74 Å². The van der Waals surface area contributed by atoms with Crippen LogP contribution in [0, 0.1) is 11.3 Å². The summed E-state index contributed by atoms with van der Waals surface area (Å²) in [5.74, 6) is 1.93. The van der Waals surface area contributed by atoms with Crippen molar-refractivity contribution in [2.75, 3.05) is 60.0 Å². The van der Waals surface area contributed by atoms with Crippen molar-refractivity contribution in [1.29, 1.82) is 0 Å². The van der Waals surface area contributed by atoms with Gasteiger partial charge in [0.25, 0.3) is 0 Å². The number of ether oxygens (including phenoxy) is 1. The highest BCUT2D eigenvalue weighted by atomic mass is 16.5. The van der Waals surface area contributed by atoms with Crippen molar-refractivity contribution in [2.45, 2.75) is 64.2 Å². The molecule has 5 nitrogen and oxygen atoms in total. The minimum absolute atomic E-state index is 0.569. The van der Waals surface area contributed by atoms with Crippen molar-refractivity contribution in [2.24, 2.45) is 16.3 Å². The Balaban J connectivity index is 1.45. The molecule has 1 saturated carbocycles. The molecule has 1 aliphatic carbocycles. The Morgan fingerprint density at radius 3 is 2.41 bits per heavy atom. The van der Waals surface area contributed by atoms with Crippen molar-refractivity contribution < 1.29 is 4.74 Å². The summed E-state index contributed by atoms with van der Waals surface area (Å²) in [6, 6.07) is 0. The van der Waals surface area contributed by atoms with Crippen LogP contribution in [-0.4, -0.2) is 75.8 Å². The summed E-state index contributed by atoms with van der Waals surface area (Å²) in [5.41, 5.74) is 0.569. The summed E-state index contributed by atoms with van der Waals surface area (Å²) >= 11 is 0. The molecule has 2 aliphatic heterocycles. The van der Waals surface area contributed by atoms with Crippen LogP contribution in [0.5, 0.6) is 0 Å². The van der Waals surface area contributed by atoms with Gasteiger partial charge in [-0.2, -0.15) is 0 Å². The molecule has 0 aromatic rings. The fraction of sp³-hybridized carbons (Fsp3) is 0.955. The van der Waals surface area contributed by atoms with Crippen molar-refractivity contribution in [3.05, 3.63) is 0 Å². The second-order valence-electron chi connectivity index (χ2n) is 9.15. The first kappa shape index (κ1) is 20.9. The van der Waals surface area contributed by atoms with Crippen molar-refractivity contribution in [3.63, 3.8) is 0 Å². The monoisotopic (exact) mass is 378 g/mol. The average molecular weight is 379 g/mol. The van der Waals surface area contributed by atoms with Gasteiger partial charge in [0.05, 0.1) is 6.61 Å². The van der Waals surface area contributed by atoms with Gasteiger partial charge in [-0.3, -0.25) is 4.99 Å². The van der Waals surface area contributed by atoms with Crippen molar-refractivity contribution in [3.8, 4) is 0 Å². The molecule has 0 bridgehead atoms. The molecule has 1 spiro atoms. The molecule has 5 heteroatoms. The van der Waals surface area contributed by atoms with E-state index in [9.17, 15) is 0 Å². The number of piperidine rings is 2. The molecule has 0 amide bonds. The van der Waals surface area contributed by atoms with Crippen LogP contribution >= 0.6 is 0 Å². The minimum Gasteiger partial charge on any atom is -0.383 e. The fourth-order valence-electron chi connectivity index (χ4n) is 5.48. The van der Waals surface area contributed by atoms with E-state index >= 15 is 0 Å². The number of methoxy groups -OCH3 is 1. The zero-order valence-corrected chi connectivity index (χ0v) is 17.8. The van der Waals surface area contributed by atoms with Crippen LogP contribution in [0.1, 0.15) is 64.2 Å². The predicted octanol–water partition coefficient (Wildman–Crippen LogP) is 3.36. The molecular formula is C22H42N4O. The Kier molecular flexibility index (Phi) is 8.25. The van der Waals surface area contributed by atoms with E-state index in [0.29, 0.717) is 5.41 Å². The van der Waals surface area contributed by atoms with Gasteiger partial charge < -0.3 is 19.9 Å². The zero-order valence-electron chi connectivity index (χ0n) is 17.8. The molecule has 0 atom stereocenters. The normalized spacial score (nSPS) is 25.6. The second kappa shape index (κ2) is 10.7. The maximum absolute atomic E-state index is 5.21. The third-order valence-corrected chi connectivity index (χ3v) is 7.20. The second-order valence-corrected chi connectivity index (χ2v) is 9.15. The number of rotatable bonds is 5. The lowest BCUT2D eigenvalue weighted by molar-refractivity contribution is 0.112. The Morgan fingerprint density at radius 2 is 1.74 bits per heavy atom. The van der Waals surface area contributed by atoms with E-state index in [1.807, 2.05) is 7.05 Å². The number of likely N-dealkylation sites (tertiary alicyclic amines) is 2. The summed E-state index contributed by atoms with van der Waals surface area (Å²) in [4.78, 5) is 9.77. The van der Waals surface area contributed by atoms with Gasteiger partial charge in [-0.25, -0.2) is 0 Å². The van der Waals surface area contributed by atoms with Gasteiger partial charge in [-0.15, -0.1) is 0 Å². The van der Waals surface area contributed by atoms with E-state index in [2.05, 4.69) is 20.1 Å². The molecule has 156 valence electrons. The molecule has 0 aromatic carbocycles. The number of guanidine groups is 1. The lowest BCUT2D eigenvalue weighted by atomic mass is 9.74. The highest BCUT2D eigenvalue weighted by Crippen LogP contribution is 2.42.